The number of rotatable bonds is 6. The molecule has 3 rings (SSSR count). The van der Waals surface area contributed by atoms with Gasteiger partial charge in [-0.3, -0.25) is 14.5 Å². The molecule has 1 aliphatic carbocycles. The van der Waals surface area contributed by atoms with Gasteiger partial charge in [0.05, 0.1) is 11.7 Å². The molecule has 0 radical (unpaired) electrons. The lowest BCUT2D eigenvalue weighted by molar-refractivity contribution is -0.116. The van der Waals surface area contributed by atoms with Crippen LogP contribution in [0.5, 0.6) is 5.75 Å². The summed E-state index contributed by atoms with van der Waals surface area (Å²) in [6.07, 6.45) is 6.42. The minimum absolute atomic E-state index is 0.0539. The van der Waals surface area contributed by atoms with Crippen molar-refractivity contribution < 1.29 is 19.1 Å². The summed E-state index contributed by atoms with van der Waals surface area (Å²) in [7, 11) is 3.53. The molecule has 1 saturated carbocycles. The molecular weight excluding hydrogens is 430 g/mol. The number of nitrogens with one attached hydrogen (secondary N) is 1. The molecule has 0 aromatic heterocycles. The first-order valence-electron chi connectivity index (χ1n) is 12.9. The second-order valence-electron chi connectivity index (χ2n) is 10.2. The van der Waals surface area contributed by atoms with Crippen molar-refractivity contribution in [3.8, 4) is 5.75 Å². The Bertz CT molecular complexity index is 824. The van der Waals surface area contributed by atoms with Crippen molar-refractivity contribution in [3.05, 3.63) is 23.8 Å². The number of nitrogens with zero attached hydrogens (tertiary/aromatic N) is 2. The van der Waals surface area contributed by atoms with E-state index in [0.717, 1.165) is 25.4 Å². The van der Waals surface area contributed by atoms with Gasteiger partial charge in [-0.05, 0) is 56.2 Å². The van der Waals surface area contributed by atoms with Crippen LogP contribution in [0.4, 0.5) is 5.69 Å². The van der Waals surface area contributed by atoms with Crippen LogP contribution in [-0.4, -0.2) is 74.2 Å². The molecule has 0 bridgehead atoms. The summed E-state index contributed by atoms with van der Waals surface area (Å²) in [6.45, 7) is 9.38. The summed E-state index contributed by atoms with van der Waals surface area (Å²) < 4.78 is 12.1. The van der Waals surface area contributed by atoms with Gasteiger partial charge in [0.1, 0.15) is 12.4 Å². The van der Waals surface area contributed by atoms with Gasteiger partial charge in [0, 0.05) is 51.9 Å². The van der Waals surface area contributed by atoms with Gasteiger partial charge < -0.3 is 19.7 Å². The van der Waals surface area contributed by atoms with Crippen molar-refractivity contribution in [2.24, 2.45) is 11.8 Å². The number of ether oxygens (including phenoxy) is 2. The summed E-state index contributed by atoms with van der Waals surface area (Å²) in [4.78, 5) is 29.8. The topological polar surface area (TPSA) is 71.1 Å². The van der Waals surface area contributed by atoms with Gasteiger partial charge in [0.2, 0.25) is 5.91 Å². The van der Waals surface area contributed by atoms with Crippen molar-refractivity contribution in [2.45, 2.75) is 71.4 Å². The number of carbonyl (C=O) groups is 2. The van der Waals surface area contributed by atoms with Crippen LogP contribution in [0.15, 0.2) is 18.2 Å². The van der Waals surface area contributed by atoms with E-state index in [4.69, 9.17) is 9.47 Å². The van der Waals surface area contributed by atoms with E-state index in [9.17, 15) is 9.59 Å². The quantitative estimate of drug-likeness (QED) is 0.662. The number of hydrogen-bond acceptors (Lipinski definition) is 5. The minimum Gasteiger partial charge on any atom is -0.491 e. The number of carbonyl (C=O) groups excluding carboxylic acids is 2. The largest absolute Gasteiger partial charge is 0.491 e. The highest BCUT2D eigenvalue weighted by Crippen LogP contribution is 2.29. The summed E-state index contributed by atoms with van der Waals surface area (Å²) in [5, 5.41) is 2.90. The van der Waals surface area contributed by atoms with E-state index < -0.39 is 0 Å². The average Bonchev–Trinajstić information content (AvgIpc) is 3.33. The lowest BCUT2D eigenvalue weighted by Crippen LogP contribution is -2.47. The number of likely N-dealkylation sites (N-methyl/N-ethyl adjacent to an activating group) is 1. The Morgan fingerprint density at radius 2 is 1.94 bits per heavy atom. The van der Waals surface area contributed by atoms with Gasteiger partial charge >= 0.3 is 0 Å². The maximum atomic E-state index is 13.4. The van der Waals surface area contributed by atoms with Gasteiger partial charge in [0.15, 0.2) is 0 Å². The van der Waals surface area contributed by atoms with Crippen LogP contribution in [0.1, 0.15) is 69.7 Å². The molecule has 0 spiro atoms. The van der Waals surface area contributed by atoms with Crippen molar-refractivity contribution in [3.63, 3.8) is 0 Å². The molecule has 190 valence electrons. The molecule has 1 aromatic rings. The van der Waals surface area contributed by atoms with E-state index in [0.29, 0.717) is 36.6 Å². The normalized spacial score (nSPS) is 25.3. The number of methoxy groups -OCH3 is 1. The highest BCUT2D eigenvalue weighted by Gasteiger charge is 2.30. The van der Waals surface area contributed by atoms with Crippen molar-refractivity contribution in [1.82, 2.24) is 9.80 Å². The zero-order chi connectivity index (χ0) is 24.7. The van der Waals surface area contributed by atoms with Crippen LogP contribution < -0.4 is 10.1 Å². The second-order valence-corrected chi connectivity index (χ2v) is 10.2. The van der Waals surface area contributed by atoms with E-state index >= 15 is 0 Å². The highest BCUT2D eigenvalue weighted by atomic mass is 16.5. The molecule has 0 saturated heterocycles. The van der Waals surface area contributed by atoms with E-state index in [-0.39, 0.29) is 29.9 Å². The van der Waals surface area contributed by atoms with Gasteiger partial charge in [-0.1, -0.05) is 26.7 Å². The predicted octanol–water partition coefficient (Wildman–Crippen LogP) is 4.42. The molecule has 1 fully saturated rings. The van der Waals surface area contributed by atoms with Crippen LogP contribution in [0.25, 0.3) is 0 Å². The molecule has 2 amide bonds. The zero-order valence-electron chi connectivity index (χ0n) is 21.6. The van der Waals surface area contributed by atoms with Crippen molar-refractivity contribution in [1.29, 1.82) is 0 Å². The molecule has 1 N–H and O–H groups in total. The van der Waals surface area contributed by atoms with Crippen LogP contribution >= 0.6 is 0 Å². The second kappa shape index (κ2) is 12.5. The third-order valence-corrected chi connectivity index (χ3v) is 7.30. The summed E-state index contributed by atoms with van der Waals surface area (Å²) >= 11 is 0. The highest BCUT2D eigenvalue weighted by molar-refractivity contribution is 5.99. The Kier molecular flexibility index (Phi) is 9.77. The standard InChI is InChI=1S/C27H43N3O4/c1-6-9-26(31)28-22-12-13-24-23(14-22)27(32)29(4)17-25(33-5)19(2)15-30(20(3)18-34-24)16-21-10-7-8-11-21/h12-14,19-21,25H,6-11,15-18H2,1-5H3,(H,28,31)/t19-,20-,25-/m0/s1. The van der Waals surface area contributed by atoms with Gasteiger partial charge in [-0.15, -0.1) is 0 Å². The lowest BCUT2D eigenvalue weighted by atomic mass is 9.99. The first-order chi connectivity index (χ1) is 16.3. The molecular formula is C27H43N3O4. The molecule has 7 heteroatoms. The SMILES string of the molecule is CCCC(=O)Nc1ccc2c(c1)C(=O)N(C)C[C@H](OC)[C@@H](C)CN(CC1CCCC1)[C@@H](C)CO2. The molecule has 1 aliphatic heterocycles. The van der Waals surface area contributed by atoms with Crippen molar-refractivity contribution >= 4 is 17.5 Å². The monoisotopic (exact) mass is 473 g/mol. The first-order valence-corrected chi connectivity index (χ1v) is 12.9. The summed E-state index contributed by atoms with van der Waals surface area (Å²) in [6, 6.07) is 5.56. The van der Waals surface area contributed by atoms with Crippen molar-refractivity contribution in [2.75, 3.05) is 45.7 Å². The number of amides is 2. The number of benzene rings is 1. The maximum Gasteiger partial charge on any atom is 0.257 e. The van der Waals surface area contributed by atoms with Crippen LogP contribution in [-0.2, 0) is 9.53 Å². The third kappa shape index (κ3) is 6.95. The Morgan fingerprint density at radius 1 is 1.21 bits per heavy atom. The lowest BCUT2D eigenvalue weighted by Gasteiger charge is -2.37. The van der Waals surface area contributed by atoms with Gasteiger partial charge in [0.25, 0.3) is 5.91 Å². The molecule has 3 atom stereocenters. The molecule has 2 aliphatic rings. The van der Waals surface area contributed by atoms with Gasteiger partial charge in [-0.25, -0.2) is 0 Å². The molecule has 7 nitrogen and oxygen atoms in total. The maximum absolute atomic E-state index is 13.4. The van der Waals surface area contributed by atoms with Crippen LogP contribution in [0.3, 0.4) is 0 Å². The number of anilines is 1. The zero-order valence-corrected chi connectivity index (χ0v) is 21.6. The Balaban J connectivity index is 1.88. The Morgan fingerprint density at radius 3 is 2.62 bits per heavy atom. The van der Waals surface area contributed by atoms with Crippen LogP contribution in [0, 0.1) is 11.8 Å². The minimum atomic E-state index is -0.133. The van der Waals surface area contributed by atoms with E-state index in [1.807, 2.05) is 13.0 Å². The van der Waals surface area contributed by atoms with E-state index in [1.54, 1.807) is 31.2 Å². The fourth-order valence-electron chi connectivity index (χ4n) is 5.16. The smallest absolute Gasteiger partial charge is 0.257 e. The molecule has 1 aromatic carbocycles. The molecule has 34 heavy (non-hydrogen) atoms. The summed E-state index contributed by atoms with van der Waals surface area (Å²) in [5.74, 6) is 1.38. The summed E-state index contributed by atoms with van der Waals surface area (Å²) in [5.41, 5.74) is 1.08. The van der Waals surface area contributed by atoms with E-state index in [1.165, 1.54) is 25.7 Å². The number of fused-ring (bicyclic) bond motifs is 1. The molecule has 0 unspecified atom stereocenters. The molecule has 1 heterocycles. The Hall–Kier alpha value is -2.12. The number of hydrogen-bond donors (Lipinski definition) is 1. The fourth-order valence-corrected chi connectivity index (χ4v) is 5.16. The van der Waals surface area contributed by atoms with E-state index in [2.05, 4.69) is 24.1 Å². The Labute approximate surface area is 205 Å². The van der Waals surface area contributed by atoms with Gasteiger partial charge in [-0.2, -0.15) is 0 Å². The fraction of sp³-hybridized carbons (Fsp3) is 0.704. The van der Waals surface area contributed by atoms with Crippen LogP contribution in [0.2, 0.25) is 0 Å². The first kappa shape index (κ1) is 26.5. The third-order valence-electron chi connectivity index (χ3n) is 7.30. The predicted molar refractivity (Wildman–Crippen MR) is 135 cm³/mol. The average molecular weight is 474 g/mol.